The predicted octanol–water partition coefficient (Wildman–Crippen LogP) is 2.63. The summed E-state index contributed by atoms with van der Waals surface area (Å²) in [7, 11) is 2.79. The SMILES string of the molecule is COOCc1ccc(C(O)c2ccc(C(=O)OC)cc2)cc1. The van der Waals surface area contributed by atoms with Crippen LogP contribution in [0.5, 0.6) is 0 Å². The van der Waals surface area contributed by atoms with Gasteiger partial charge < -0.3 is 9.84 Å². The van der Waals surface area contributed by atoms with E-state index in [-0.39, 0.29) is 0 Å². The van der Waals surface area contributed by atoms with E-state index in [4.69, 9.17) is 4.89 Å². The van der Waals surface area contributed by atoms with Gasteiger partial charge >= 0.3 is 5.97 Å². The molecular formula is C17H18O5. The predicted molar refractivity (Wildman–Crippen MR) is 80.1 cm³/mol. The van der Waals surface area contributed by atoms with Crippen molar-refractivity contribution in [3.05, 3.63) is 70.8 Å². The van der Waals surface area contributed by atoms with Crippen molar-refractivity contribution in [3.63, 3.8) is 0 Å². The molecule has 1 unspecified atom stereocenters. The van der Waals surface area contributed by atoms with Gasteiger partial charge in [0.1, 0.15) is 12.7 Å². The molecule has 1 N–H and O–H groups in total. The van der Waals surface area contributed by atoms with E-state index in [1.807, 2.05) is 24.3 Å². The van der Waals surface area contributed by atoms with Crippen LogP contribution >= 0.6 is 0 Å². The van der Waals surface area contributed by atoms with E-state index in [9.17, 15) is 9.90 Å². The highest BCUT2D eigenvalue weighted by Crippen LogP contribution is 2.23. The summed E-state index contributed by atoms with van der Waals surface area (Å²) in [5.74, 6) is -0.400. The Kier molecular flexibility index (Phi) is 5.66. The molecule has 116 valence electrons. The molecule has 0 amide bonds. The summed E-state index contributed by atoms with van der Waals surface area (Å²) in [6.07, 6.45) is -0.760. The number of benzene rings is 2. The Bertz CT molecular complexity index is 604. The Morgan fingerprint density at radius 1 is 1.00 bits per heavy atom. The second-order valence-electron chi connectivity index (χ2n) is 4.69. The van der Waals surface area contributed by atoms with Gasteiger partial charge in [0, 0.05) is 0 Å². The third-order valence-electron chi connectivity index (χ3n) is 3.29. The van der Waals surface area contributed by atoms with Crippen molar-refractivity contribution in [1.29, 1.82) is 0 Å². The molecule has 0 heterocycles. The van der Waals surface area contributed by atoms with Gasteiger partial charge in [-0.05, 0) is 28.8 Å². The first-order valence-corrected chi connectivity index (χ1v) is 6.76. The zero-order chi connectivity index (χ0) is 15.9. The van der Waals surface area contributed by atoms with Crippen molar-refractivity contribution >= 4 is 5.97 Å². The van der Waals surface area contributed by atoms with E-state index >= 15 is 0 Å². The number of aliphatic hydroxyl groups is 1. The lowest BCUT2D eigenvalue weighted by molar-refractivity contribution is -0.282. The molecule has 0 radical (unpaired) electrons. The van der Waals surface area contributed by atoms with Crippen molar-refractivity contribution in [2.75, 3.05) is 14.2 Å². The zero-order valence-electron chi connectivity index (χ0n) is 12.5. The lowest BCUT2D eigenvalue weighted by Crippen LogP contribution is -2.03. The first-order chi connectivity index (χ1) is 10.7. The summed E-state index contributed by atoms with van der Waals surface area (Å²) in [4.78, 5) is 20.8. The molecule has 0 bridgehead atoms. The fraction of sp³-hybridized carbons (Fsp3) is 0.235. The van der Waals surface area contributed by atoms with E-state index in [2.05, 4.69) is 9.62 Å². The molecular weight excluding hydrogens is 284 g/mol. The van der Waals surface area contributed by atoms with Crippen LogP contribution < -0.4 is 0 Å². The molecule has 0 aliphatic carbocycles. The fourth-order valence-corrected chi connectivity index (χ4v) is 2.03. The third-order valence-corrected chi connectivity index (χ3v) is 3.29. The van der Waals surface area contributed by atoms with Crippen molar-refractivity contribution in [2.24, 2.45) is 0 Å². The molecule has 5 nitrogen and oxygen atoms in total. The van der Waals surface area contributed by atoms with Gasteiger partial charge in [0.2, 0.25) is 0 Å². The standard InChI is InChI=1S/C17H18O5/c1-20-17(19)15-9-7-14(8-10-15)16(18)13-5-3-12(4-6-13)11-22-21-2/h3-10,16,18H,11H2,1-2H3. The lowest BCUT2D eigenvalue weighted by atomic mass is 9.99. The molecule has 0 spiro atoms. The number of aliphatic hydroxyl groups excluding tert-OH is 1. The molecule has 2 aromatic rings. The van der Waals surface area contributed by atoms with Crippen LogP contribution in [0, 0.1) is 0 Å². The van der Waals surface area contributed by atoms with Crippen LogP contribution in [-0.4, -0.2) is 25.3 Å². The van der Waals surface area contributed by atoms with Crippen LogP contribution in [0.25, 0.3) is 0 Å². The highest BCUT2D eigenvalue weighted by molar-refractivity contribution is 5.89. The number of carbonyl (C=O) groups excluding carboxylic acids is 1. The minimum Gasteiger partial charge on any atom is -0.465 e. The maximum absolute atomic E-state index is 11.4. The molecule has 0 aliphatic rings. The topological polar surface area (TPSA) is 65.0 Å². The van der Waals surface area contributed by atoms with E-state index in [1.54, 1.807) is 24.3 Å². The first-order valence-electron chi connectivity index (χ1n) is 6.76. The minimum absolute atomic E-state index is 0.348. The van der Waals surface area contributed by atoms with E-state index in [0.29, 0.717) is 17.7 Å². The second-order valence-corrected chi connectivity index (χ2v) is 4.69. The van der Waals surface area contributed by atoms with Gasteiger partial charge in [0.15, 0.2) is 0 Å². The van der Waals surface area contributed by atoms with Crippen LogP contribution in [0.4, 0.5) is 0 Å². The monoisotopic (exact) mass is 302 g/mol. The van der Waals surface area contributed by atoms with Gasteiger partial charge in [0.25, 0.3) is 0 Å². The molecule has 0 aromatic heterocycles. The zero-order valence-corrected chi connectivity index (χ0v) is 12.5. The number of rotatable bonds is 6. The van der Waals surface area contributed by atoms with Gasteiger partial charge in [-0.3, -0.25) is 0 Å². The lowest BCUT2D eigenvalue weighted by Gasteiger charge is -2.12. The Morgan fingerprint density at radius 3 is 2.05 bits per heavy atom. The smallest absolute Gasteiger partial charge is 0.337 e. The number of ether oxygens (including phenoxy) is 1. The average molecular weight is 302 g/mol. The highest BCUT2D eigenvalue weighted by Gasteiger charge is 2.12. The summed E-state index contributed by atoms with van der Waals surface area (Å²) in [5.41, 5.74) is 2.85. The van der Waals surface area contributed by atoms with Crippen LogP contribution in [0.15, 0.2) is 48.5 Å². The largest absolute Gasteiger partial charge is 0.465 e. The maximum Gasteiger partial charge on any atom is 0.337 e. The summed E-state index contributed by atoms with van der Waals surface area (Å²) >= 11 is 0. The number of carbonyl (C=O) groups is 1. The van der Waals surface area contributed by atoms with Crippen LogP contribution in [0.3, 0.4) is 0 Å². The van der Waals surface area contributed by atoms with Gasteiger partial charge in [-0.25, -0.2) is 14.6 Å². The normalized spacial score (nSPS) is 12.0. The van der Waals surface area contributed by atoms with E-state index in [0.717, 1.165) is 11.1 Å². The van der Waals surface area contributed by atoms with Gasteiger partial charge in [0.05, 0.1) is 19.8 Å². The summed E-state index contributed by atoms with van der Waals surface area (Å²) < 4.78 is 4.64. The Morgan fingerprint density at radius 2 is 1.55 bits per heavy atom. The van der Waals surface area contributed by atoms with Gasteiger partial charge in [-0.1, -0.05) is 36.4 Å². The molecule has 5 heteroatoms. The second kappa shape index (κ2) is 7.70. The van der Waals surface area contributed by atoms with Crippen LogP contribution in [-0.2, 0) is 21.1 Å². The first kappa shape index (κ1) is 16.2. The quantitative estimate of drug-likeness (QED) is 0.505. The van der Waals surface area contributed by atoms with Crippen LogP contribution in [0.2, 0.25) is 0 Å². The van der Waals surface area contributed by atoms with Crippen LogP contribution in [0.1, 0.15) is 33.2 Å². The van der Waals surface area contributed by atoms with Crippen molar-refractivity contribution < 1.29 is 24.4 Å². The molecule has 0 saturated heterocycles. The summed E-state index contributed by atoms with van der Waals surface area (Å²) in [6, 6.07) is 14.1. The number of hydrogen-bond donors (Lipinski definition) is 1. The summed E-state index contributed by atoms with van der Waals surface area (Å²) in [5, 5.41) is 10.4. The van der Waals surface area contributed by atoms with E-state index in [1.165, 1.54) is 14.2 Å². The molecule has 0 aliphatic heterocycles. The number of methoxy groups -OCH3 is 1. The van der Waals surface area contributed by atoms with Crippen molar-refractivity contribution in [2.45, 2.75) is 12.7 Å². The fourth-order valence-electron chi connectivity index (χ4n) is 2.03. The Balaban J connectivity index is 2.10. The third kappa shape index (κ3) is 3.92. The number of esters is 1. The molecule has 0 saturated carbocycles. The summed E-state index contributed by atoms with van der Waals surface area (Å²) in [6.45, 7) is 0.348. The number of hydrogen-bond acceptors (Lipinski definition) is 5. The maximum atomic E-state index is 11.4. The molecule has 22 heavy (non-hydrogen) atoms. The average Bonchev–Trinajstić information content (AvgIpc) is 2.59. The molecule has 2 rings (SSSR count). The molecule has 1 atom stereocenters. The van der Waals surface area contributed by atoms with Gasteiger partial charge in [-0.2, -0.15) is 0 Å². The minimum atomic E-state index is -0.760. The Hall–Kier alpha value is -2.21. The van der Waals surface area contributed by atoms with Gasteiger partial charge in [-0.15, -0.1) is 0 Å². The van der Waals surface area contributed by atoms with Crippen molar-refractivity contribution in [1.82, 2.24) is 0 Å². The highest BCUT2D eigenvalue weighted by atomic mass is 17.2. The van der Waals surface area contributed by atoms with Crippen molar-refractivity contribution in [3.8, 4) is 0 Å². The van der Waals surface area contributed by atoms with E-state index < -0.39 is 12.1 Å². The molecule has 2 aromatic carbocycles. The molecule has 0 fully saturated rings. The Labute approximate surface area is 129 Å².